The first-order valence-electron chi connectivity index (χ1n) is 7.69. The van der Waals surface area contributed by atoms with Gasteiger partial charge in [0.25, 0.3) is 0 Å². The fourth-order valence-corrected chi connectivity index (χ4v) is 4.10. The van der Waals surface area contributed by atoms with Crippen LogP contribution in [0.2, 0.25) is 0 Å². The minimum Gasteiger partial charge on any atom is -0.302 e. The molecule has 0 spiro atoms. The Balaban J connectivity index is 1.74. The summed E-state index contributed by atoms with van der Waals surface area (Å²) in [7, 11) is 0. The molecule has 5 heteroatoms. The van der Waals surface area contributed by atoms with E-state index in [1.807, 2.05) is 6.08 Å². The lowest BCUT2D eigenvalue weighted by Crippen LogP contribution is -2.07. The third-order valence-electron chi connectivity index (χ3n) is 4.06. The molecule has 3 nitrogen and oxygen atoms in total. The summed E-state index contributed by atoms with van der Waals surface area (Å²) in [5, 5.41) is 9.92. The maximum Gasteiger partial charge on any atom is 0.191 e. The van der Waals surface area contributed by atoms with Gasteiger partial charge in [0.1, 0.15) is 5.82 Å². The molecule has 1 heterocycles. The van der Waals surface area contributed by atoms with Crippen LogP contribution in [0.25, 0.3) is 0 Å². The fourth-order valence-electron chi connectivity index (χ4n) is 2.92. The Bertz CT molecular complexity index is 630. The summed E-state index contributed by atoms with van der Waals surface area (Å²) in [5.74, 6) is 2.64. The molecule has 1 aromatic carbocycles. The van der Waals surface area contributed by atoms with Crippen molar-refractivity contribution in [3.63, 3.8) is 0 Å². The van der Waals surface area contributed by atoms with Crippen molar-refractivity contribution < 1.29 is 0 Å². The molecule has 22 heavy (non-hydrogen) atoms. The summed E-state index contributed by atoms with van der Waals surface area (Å²) in [6.07, 6.45) is 7.05. The SMILES string of the molecule is C=CCn1c(SCc2ccc(Br)cc2)nnc1C1CCCC1. The second-order valence-electron chi connectivity index (χ2n) is 5.64. The van der Waals surface area contributed by atoms with Gasteiger partial charge in [-0.2, -0.15) is 0 Å². The highest BCUT2D eigenvalue weighted by molar-refractivity contribution is 9.10. The highest BCUT2D eigenvalue weighted by atomic mass is 79.9. The van der Waals surface area contributed by atoms with E-state index < -0.39 is 0 Å². The number of allylic oxidation sites excluding steroid dienone is 1. The van der Waals surface area contributed by atoms with E-state index >= 15 is 0 Å². The van der Waals surface area contributed by atoms with Gasteiger partial charge in [-0.1, -0.05) is 58.7 Å². The molecular weight excluding hydrogens is 358 g/mol. The number of hydrogen-bond donors (Lipinski definition) is 0. The molecule has 116 valence electrons. The van der Waals surface area contributed by atoms with Crippen LogP contribution >= 0.6 is 27.7 Å². The first kappa shape index (κ1) is 15.8. The van der Waals surface area contributed by atoms with E-state index in [1.54, 1.807) is 11.8 Å². The molecule has 0 amide bonds. The van der Waals surface area contributed by atoms with Gasteiger partial charge in [-0.25, -0.2) is 0 Å². The van der Waals surface area contributed by atoms with Gasteiger partial charge in [0, 0.05) is 22.7 Å². The Labute approximate surface area is 144 Å². The highest BCUT2D eigenvalue weighted by Crippen LogP contribution is 2.35. The summed E-state index contributed by atoms with van der Waals surface area (Å²) in [4.78, 5) is 0. The zero-order valence-corrected chi connectivity index (χ0v) is 14.9. The van der Waals surface area contributed by atoms with Gasteiger partial charge in [0.15, 0.2) is 5.16 Å². The standard InChI is InChI=1S/C17H20BrN3S/c1-2-11-21-16(14-5-3-4-6-14)19-20-17(21)22-12-13-7-9-15(18)10-8-13/h2,7-10,14H,1,3-6,11-12H2. The molecule has 0 saturated heterocycles. The molecule has 0 radical (unpaired) electrons. The number of benzene rings is 1. The van der Waals surface area contributed by atoms with E-state index in [0.29, 0.717) is 5.92 Å². The van der Waals surface area contributed by atoms with Gasteiger partial charge < -0.3 is 4.57 Å². The predicted octanol–water partition coefficient (Wildman–Crippen LogP) is 5.18. The van der Waals surface area contributed by atoms with Crippen LogP contribution in [0.4, 0.5) is 0 Å². The van der Waals surface area contributed by atoms with Gasteiger partial charge in [-0.15, -0.1) is 16.8 Å². The van der Waals surface area contributed by atoms with Crippen molar-refractivity contribution >= 4 is 27.7 Å². The van der Waals surface area contributed by atoms with Gasteiger partial charge in [-0.05, 0) is 30.5 Å². The molecule has 1 fully saturated rings. The molecule has 1 aliphatic rings. The topological polar surface area (TPSA) is 30.7 Å². The first-order valence-corrected chi connectivity index (χ1v) is 9.47. The molecule has 2 aromatic rings. The molecule has 1 aromatic heterocycles. The quantitative estimate of drug-likeness (QED) is 0.513. The van der Waals surface area contributed by atoms with Crippen LogP contribution in [0.15, 0.2) is 46.5 Å². The van der Waals surface area contributed by atoms with E-state index in [4.69, 9.17) is 0 Å². The zero-order chi connectivity index (χ0) is 15.4. The highest BCUT2D eigenvalue weighted by Gasteiger charge is 2.24. The van der Waals surface area contributed by atoms with Crippen molar-refractivity contribution in [3.8, 4) is 0 Å². The minimum absolute atomic E-state index is 0.578. The van der Waals surface area contributed by atoms with Crippen molar-refractivity contribution in [2.75, 3.05) is 0 Å². The molecule has 0 atom stereocenters. The van der Waals surface area contributed by atoms with Gasteiger partial charge >= 0.3 is 0 Å². The summed E-state index contributed by atoms with van der Waals surface area (Å²) in [6, 6.07) is 8.44. The summed E-state index contributed by atoms with van der Waals surface area (Å²) >= 11 is 5.22. The molecule has 0 N–H and O–H groups in total. The number of halogens is 1. The Morgan fingerprint density at radius 1 is 1.23 bits per heavy atom. The molecule has 1 aliphatic carbocycles. The minimum atomic E-state index is 0.578. The maximum atomic E-state index is 4.48. The molecular formula is C17H20BrN3S. The van der Waals surface area contributed by atoms with Crippen molar-refractivity contribution in [3.05, 3.63) is 52.8 Å². The summed E-state index contributed by atoms with van der Waals surface area (Å²) in [5.41, 5.74) is 1.30. The number of hydrogen-bond acceptors (Lipinski definition) is 3. The number of rotatable bonds is 6. The van der Waals surface area contributed by atoms with Crippen molar-refractivity contribution in [1.82, 2.24) is 14.8 Å². The zero-order valence-electron chi connectivity index (χ0n) is 12.5. The fraction of sp³-hybridized carbons (Fsp3) is 0.412. The van der Waals surface area contributed by atoms with E-state index in [9.17, 15) is 0 Å². The Morgan fingerprint density at radius 2 is 1.95 bits per heavy atom. The molecule has 0 unspecified atom stereocenters. The van der Waals surface area contributed by atoms with Crippen LogP contribution in [0.5, 0.6) is 0 Å². The Hall–Kier alpha value is -1.07. The first-order chi connectivity index (χ1) is 10.8. The maximum absolute atomic E-state index is 4.48. The van der Waals surface area contributed by atoms with Gasteiger partial charge in [-0.3, -0.25) is 0 Å². The van der Waals surface area contributed by atoms with Gasteiger partial charge in [0.2, 0.25) is 0 Å². The van der Waals surface area contributed by atoms with E-state index in [1.165, 1.54) is 31.2 Å². The van der Waals surface area contributed by atoms with Crippen molar-refractivity contribution in [2.24, 2.45) is 0 Å². The van der Waals surface area contributed by atoms with Crippen molar-refractivity contribution in [1.29, 1.82) is 0 Å². The Kier molecular flexibility index (Phi) is 5.37. The van der Waals surface area contributed by atoms with Gasteiger partial charge in [0.05, 0.1) is 0 Å². The number of nitrogens with zero attached hydrogens (tertiary/aromatic N) is 3. The smallest absolute Gasteiger partial charge is 0.191 e. The number of aromatic nitrogens is 3. The summed E-state index contributed by atoms with van der Waals surface area (Å²) in [6.45, 7) is 4.67. The lowest BCUT2D eigenvalue weighted by Gasteiger charge is -2.11. The van der Waals surface area contributed by atoms with Crippen LogP contribution < -0.4 is 0 Å². The predicted molar refractivity (Wildman–Crippen MR) is 95.1 cm³/mol. The molecule has 1 saturated carbocycles. The second kappa shape index (κ2) is 7.47. The lowest BCUT2D eigenvalue weighted by atomic mass is 10.1. The largest absolute Gasteiger partial charge is 0.302 e. The number of thioether (sulfide) groups is 1. The normalized spacial score (nSPS) is 15.3. The summed E-state index contributed by atoms with van der Waals surface area (Å²) < 4.78 is 3.35. The lowest BCUT2D eigenvalue weighted by molar-refractivity contribution is 0.594. The van der Waals surface area contributed by atoms with E-state index in [0.717, 1.165) is 27.8 Å². The average Bonchev–Trinajstić information content (AvgIpc) is 3.17. The molecule has 0 bridgehead atoms. The molecule has 3 rings (SSSR count). The molecule has 0 aliphatic heterocycles. The van der Waals surface area contributed by atoms with Crippen LogP contribution in [0, 0.1) is 0 Å². The third kappa shape index (κ3) is 3.63. The van der Waals surface area contributed by atoms with E-state index in [2.05, 4.69) is 61.5 Å². The average molecular weight is 378 g/mol. The third-order valence-corrected chi connectivity index (χ3v) is 5.63. The van der Waals surface area contributed by atoms with Crippen LogP contribution in [-0.2, 0) is 12.3 Å². The Morgan fingerprint density at radius 3 is 2.64 bits per heavy atom. The van der Waals surface area contributed by atoms with Crippen LogP contribution in [0.1, 0.15) is 43.0 Å². The van der Waals surface area contributed by atoms with Crippen molar-refractivity contribution in [2.45, 2.75) is 49.1 Å². The van der Waals surface area contributed by atoms with Crippen LogP contribution in [0.3, 0.4) is 0 Å². The van der Waals surface area contributed by atoms with E-state index in [-0.39, 0.29) is 0 Å². The monoisotopic (exact) mass is 377 g/mol. The second-order valence-corrected chi connectivity index (χ2v) is 7.49. The van der Waals surface area contributed by atoms with Crippen LogP contribution in [-0.4, -0.2) is 14.8 Å².